The van der Waals surface area contributed by atoms with Crippen molar-refractivity contribution in [2.24, 2.45) is 0 Å². The minimum atomic E-state index is -0.465. The molecule has 0 amide bonds. The van der Waals surface area contributed by atoms with E-state index in [4.69, 9.17) is 0 Å². The third kappa shape index (κ3) is 2.45. The second-order valence-corrected chi connectivity index (χ2v) is 3.98. The van der Waals surface area contributed by atoms with E-state index in [-0.39, 0.29) is 11.3 Å². The average molecular weight is 246 g/mol. The summed E-state index contributed by atoms with van der Waals surface area (Å²) < 4.78 is 26.8. The van der Waals surface area contributed by atoms with Crippen LogP contribution in [0.15, 0.2) is 42.5 Å². The molecule has 0 spiro atoms. The molecule has 0 aromatic heterocycles. The minimum Gasteiger partial charge on any atom is -0.294 e. The van der Waals surface area contributed by atoms with Crippen LogP contribution in [0.2, 0.25) is 0 Å². The van der Waals surface area contributed by atoms with Crippen molar-refractivity contribution in [3.63, 3.8) is 0 Å². The van der Waals surface area contributed by atoms with E-state index < -0.39 is 11.6 Å². The Labute approximate surface area is 104 Å². The number of benzene rings is 2. The van der Waals surface area contributed by atoms with Crippen molar-refractivity contribution in [3.05, 3.63) is 59.7 Å². The lowest BCUT2D eigenvalue weighted by Gasteiger charge is -2.06. The second-order valence-electron chi connectivity index (χ2n) is 3.98. The molecular weight excluding hydrogens is 234 g/mol. The summed E-state index contributed by atoms with van der Waals surface area (Å²) >= 11 is 0. The summed E-state index contributed by atoms with van der Waals surface area (Å²) in [6.07, 6.45) is 0.355. The fourth-order valence-electron chi connectivity index (χ4n) is 1.78. The average Bonchev–Trinajstić information content (AvgIpc) is 2.38. The van der Waals surface area contributed by atoms with Gasteiger partial charge in [0, 0.05) is 17.5 Å². The van der Waals surface area contributed by atoms with E-state index in [0.29, 0.717) is 17.5 Å². The second kappa shape index (κ2) is 5.08. The summed E-state index contributed by atoms with van der Waals surface area (Å²) in [4.78, 5) is 11.6. The molecule has 0 aliphatic heterocycles. The van der Waals surface area contributed by atoms with Gasteiger partial charge in [-0.15, -0.1) is 0 Å². The van der Waals surface area contributed by atoms with Crippen molar-refractivity contribution >= 4 is 5.78 Å². The van der Waals surface area contributed by atoms with Gasteiger partial charge in [-0.05, 0) is 35.9 Å². The zero-order valence-corrected chi connectivity index (χ0v) is 9.91. The fourth-order valence-corrected chi connectivity index (χ4v) is 1.78. The molecule has 0 bridgehead atoms. The Bertz CT molecular complexity index is 591. The quantitative estimate of drug-likeness (QED) is 0.741. The van der Waals surface area contributed by atoms with Crippen molar-refractivity contribution in [1.82, 2.24) is 0 Å². The van der Waals surface area contributed by atoms with Crippen LogP contribution in [0.25, 0.3) is 11.1 Å². The van der Waals surface area contributed by atoms with Gasteiger partial charge in [-0.2, -0.15) is 0 Å². The van der Waals surface area contributed by atoms with Gasteiger partial charge in [0.05, 0.1) is 0 Å². The molecule has 0 aliphatic rings. The molecule has 1 nitrogen and oxygen atoms in total. The van der Waals surface area contributed by atoms with Crippen LogP contribution in [0.3, 0.4) is 0 Å². The summed E-state index contributed by atoms with van der Waals surface area (Å²) in [6.45, 7) is 1.74. The first kappa shape index (κ1) is 12.4. The zero-order chi connectivity index (χ0) is 13.1. The Morgan fingerprint density at radius 1 is 1.11 bits per heavy atom. The molecule has 3 heteroatoms. The van der Waals surface area contributed by atoms with E-state index in [0.717, 1.165) is 0 Å². The van der Waals surface area contributed by atoms with E-state index in [9.17, 15) is 13.6 Å². The summed E-state index contributed by atoms with van der Waals surface area (Å²) in [5.74, 6) is -0.958. The summed E-state index contributed by atoms with van der Waals surface area (Å²) in [5.41, 5.74) is 1.12. The van der Waals surface area contributed by atoms with E-state index in [1.807, 2.05) is 0 Å². The Morgan fingerprint density at radius 2 is 1.89 bits per heavy atom. The van der Waals surface area contributed by atoms with Crippen LogP contribution >= 0.6 is 0 Å². The molecule has 0 unspecified atom stereocenters. The zero-order valence-electron chi connectivity index (χ0n) is 9.91. The van der Waals surface area contributed by atoms with Crippen LogP contribution in [0.1, 0.15) is 23.7 Å². The van der Waals surface area contributed by atoms with Crippen LogP contribution in [0.5, 0.6) is 0 Å². The normalized spacial score (nSPS) is 10.4. The molecular formula is C15H12F2O. The van der Waals surface area contributed by atoms with Gasteiger partial charge in [-0.25, -0.2) is 8.78 Å². The van der Waals surface area contributed by atoms with Crippen molar-refractivity contribution in [3.8, 4) is 11.1 Å². The topological polar surface area (TPSA) is 17.1 Å². The maximum Gasteiger partial charge on any atom is 0.162 e. The van der Waals surface area contributed by atoms with Gasteiger partial charge in [-0.3, -0.25) is 4.79 Å². The Kier molecular flexibility index (Phi) is 3.51. The van der Waals surface area contributed by atoms with E-state index in [1.165, 1.54) is 36.4 Å². The monoisotopic (exact) mass is 246 g/mol. The van der Waals surface area contributed by atoms with Crippen LogP contribution in [-0.4, -0.2) is 5.78 Å². The number of ketones is 1. The van der Waals surface area contributed by atoms with E-state index in [1.54, 1.807) is 13.0 Å². The van der Waals surface area contributed by atoms with Gasteiger partial charge in [-0.1, -0.05) is 19.1 Å². The van der Waals surface area contributed by atoms with Crippen molar-refractivity contribution < 1.29 is 13.6 Å². The third-order valence-electron chi connectivity index (χ3n) is 2.75. The van der Waals surface area contributed by atoms with Gasteiger partial charge < -0.3 is 0 Å². The number of hydrogen-bond acceptors (Lipinski definition) is 1. The van der Waals surface area contributed by atoms with Crippen molar-refractivity contribution in [1.29, 1.82) is 0 Å². The first-order chi connectivity index (χ1) is 8.61. The Morgan fingerprint density at radius 3 is 2.56 bits per heavy atom. The maximum absolute atomic E-state index is 13.7. The number of carbonyl (C=O) groups excluding carboxylic acids is 1. The van der Waals surface area contributed by atoms with Gasteiger partial charge in [0.15, 0.2) is 5.78 Å². The molecule has 0 atom stereocenters. The first-order valence-electron chi connectivity index (χ1n) is 5.70. The molecule has 2 rings (SSSR count). The highest BCUT2D eigenvalue weighted by Gasteiger charge is 2.10. The largest absolute Gasteiger partial charge is 0.294 e. The molecule has 18 heavy (non-hydrogen) atoms. The van der Waals surface area contributed by atoms with Crippen LogP contribution in [0, 0.1) is 11.6 Å². The molecule has 0 heterocycles. The standard InChI is InChI=1S/C15H12F2O/c1-2-15(18)11-6-7-14(17)13(9-11)10-4-3-5-12(16)8-10/h3-9H,2H2,1H3. The van der Waals surface area contributed by atoms with Gasteiger partial charge in [0.2, 0.25) is 0 Å². The predicted octanol–water partition coefficient (Wildman–Crippen LogP) is 4.22. The number of Topliss-reactive ketones (excluding diaryl/α,β-unsaturated/α-hetero) is 1. The molecule has 0 saturated carbocycles. The number of hydrogen-bond donors (Lipinski definition) is 0. The minimum absolute atomic E-state index is 0.0624. The Hall–Kier alpha value is -2.03. The highest BCUT2D eigenvalue weighted by Crippen LogP contribution is 2.25. The van der Waals surface area contributed by atoms with E-state index in [2.05, 4.69) is 0 Å². The summed E-state index contributed by atoms with van der Waals surface area (Å²) in [7, 11) is 0. The smallest absolute Gasteiger partial charge is 0.162 e. The summed E-state index contributed by atoms with van der Waals surface area (Å²) in [6, 6.07) is 9.82. The molecule has 0 radical (unpaired) electrons. The lowest BCUT2D eigenvalue weighted by Crippen LogP contribution is -1.98. The fraction of sp³-hybridized carbons (Fsp3) is 0.133. The Balaban J connectivity index is 2.53. The molecule has 0 N–H and O–H groups in total. The summed E-state index contributed by atoms with van der Waals surface area (Å²) in [5, 5.41) is 0. The van der Waals surface area contributed by atoms with Crippen LogP contribution in [0.4, 0.5) is 8.78 Å². The van der Waals surface area contributed by atoms with Gasteiger partial charge in [0.1, 0.15) is 11.6 Å². The molecule has 2 aromatic carbocycles. The van der Waals surface area contributed by atoms with Gasteiger partial charge in [0.25, 0.3) is 0 Å². The molecule has 92 valence electrons. The van der Waals surface area contributed by atoms with Crippen molar-refractivity contribution in [2.45, 2.75) is 13.3 Å². The number of halogens is 2. The first-order valence-corrected chi connectivity index (χ1v) is 5.70. The predicted molar refractivity (Wildman–Crippen MR) is 66.4 cm³/mol. The van der Waals surface area contributed by atoms with Crippen molar-refractivity contribution in [2.75, 3.05) is 0 Å². The lowest BCUT2D eigenvalue weighted by atomic mass is 10.00. The highest BCUT2D eigenvalue weighted by molar-refractivity contribution is 5.97. The molecule has 0 saturated heterocycles. The number of rotatable bonds is 3. The SMILES string of the molecule is CCC(=O)c1ccc(F)c(-c2cccc(F)c2)c1. The third-order valence-corrected chi connectivity index (χ3v) is 2.75. The van der Waals surface area contributed by atoms with E-state index >= 15 is 0 Å². The van der Waals surface area contributed by atoms with Crippen LogP contribution in [-0.2, 0) is 0 Å². The highest BCUT2D eigenvalue weighted by atomic mass is 19.1. The lowest BCUT2D eigenvalue weighted by molar-refractivity contribution is 0.0988. The number of carbonyl (C=O) groups is 1. The molecule has 2 aromatic rings. The molecule has 0 aliphatic carbocycles. The molecule has 0 fully saturated rings. The maximum atomic E-state index is 13.7. The van der Waals surface area contributed by atoms with Crippen LogP contribution < -0.4 is 0 Å². The van der Waals surface area contributed by atoms with Gasteiger partial charge >= 0.3 is 0 Å².